The maximum atomic E-state index is 13.8. The van der Waals surface area contributed by atoms with E-state index in [1.807, 2.05) is 6.92 Å². The lowest BCUT2D eigenvalue weighted by Gasteiger charge is -2.05. The van der Waals surface area contributed by atoms with E-state index in [0.717, 1.165) is 35.4 Å². The number of hydrogen-bond donors (Lipinski definition) is 2. The Morgan fingerprint density at radius 3 is 2.53 bits per heavy atom. The van der Waals surface area contributed by atoms with Gasteiger partial charge in [-0.1, -0.05) is 18.7 Å². The largest absolute Gasteiger partial charge is 0.384 e. The Morgan fingerprint density at radius 1 is 1.42 bits per heavy atom. The number of benzene rings is 1. The van der Waals surface area contributed by atoms with E-state index in [1.54, 1.807) is 0 Å². The van der Waals surface area contributed by atoms with Crippen LogP contribution in [0.2, 0.25) is 0 Å². The minimum atomic E-state index is -0.761. The molecule has 0 saturated carbocycles. The second-order valence-electron chi connectivity index (χ2n) is 3.61. The molecule has 0 unspecified atom stereocenters. The van der Waals surface area contributed by atoms with E-state index in [1.165, 1.54) is 0 Å². The molecule has 1 heterocycles. The van der Waals surface area contributed by atoms with Crippen LogP contribution in [0.5, 0.6) is 0 Å². The van der Waals surface area contributed by atoms with Crippen molar-refractivity contribution >= 4 is 29.1 Å². The average molecular weight is 300 g/mol. The minimum absolute atomic E-state index is 0.0193. The summed E-state index contributed by atoms with van der Waals surface area (Å²) in [7, 11) is 0. The molecular weight excluding hydrogens is 290 g/mol. The molecule has 0 bridgehead atoms. The Hall–Kier alpha value is -1.54. The van der Waals surface area contributed by atoms with Crippen LogP contribution in [-0.4, -0.2) is 15.2 Å². The Bertz CT molecular complexity index is 604. The van der Waals surface area contributed by atoms with Crippen molar-refractivity contribution in [3.63, 3.8) is 0 Å². The van der Waals surface area contributed by atoms with Crippen LogP contribution in [0.15, 0.2) is 21.4 Å². The molecule has 8 heteroatoms. The third-order valence-electron chi connectivity index (χ3n) is 2.26. The Labute approximate surface area is 116 Å². The number of aromatic nitrogens is 2. The number of aryl methyl sites for hydroxylation is 1. The van der Waals surface area contributed by atoms with Gasteiger partial charge in [0, 0.05) is 12.0 Å². The van der Waals surface area contributed by atoms with Crippen LogP contribution in [0.25, 0.3) is 0 Å². The number of hydrogen-bond acceptors (Lipinski definition) is 5. The van der Waals surface area contributed by atoms with Gasteiger partial charge in [0.1, 0.15) is 23.3 Å². The smallest absolute Gasteiger partial charge is 0.175 e. The summed E-state index contributed by atoms with van der Waals surface area (Å²) in [6, 6.07) is 2.07. The normalized spacial score (nSPS) is 10.7. The van der Waals surface area contributed by atoms with Crippen molar-refractivity contribution in [2.75, 3.05) is 0 Å². The topological polar surface area (TPSA) is 75.7 Å². The van der Waals surface area contributed by atoms with Gasteiger partial charge < -0.3 is 5.73 Å². The summed E-state index contributed by atoms with van der Waals surface area (Å²) in [6.07, 6.45) is 0.672. The molecule has 0 radical (unpaired) electrons. The maximum Gasteiger partial charge on any atom is 0.175 e. The molecule has 0 atom stereocenters. The van der Waals surface area contributed by atoms with Crippen molar-refractivity contribution in [2.24, 2.45) is 5.73 Å². The van der Waals surface area contributed by atoms with Gasteiger partial charge in [-0.3, -0.25) is 5.41 Å². The third-order valence-corrected chi connectivity index (χ3v) is 4.15. The van der Waals surface area contributed by atoms with Gasteiger partial charge in [-0.05, 0) is 23.7 Å². The minimum Gasteiger partial charge on any atom is -0.384 e. The predicted octanol–water partition coefficient (Wildman–Crippen LogP) is 2.81. The molecule has 1 aromatic heterocycles. The zero-order chi connectivity index (χ0) is 14.0. The molecule has 1 aromatic carbocycles. The van der Waals surface area contributed by atoms with Gasteiger partial charge in [-0.15, -0.1) is 0 Å². The summed E-state index contributed by atoms with van der Waals surface area (Å²) in [5.41, 5.74) is 5.22. The molecule has 0 aliphatic rings. The Kier molecular flexibility index (Phi) is 4.11. The summed E-state index contributed by atoms with van der Waals surface area (Å²) in [5.74, 6) is -1.25. The van der Waals surface area contributed by atoms with E-state index in [0.29, 0.717) is 16.6 Å². The van der Waals surface area contributed by atoms with Gasteiger partial charge in [0.2, 0.25) is 0 Å². The fraction of sp³-hybridized carbons (Fsp3) is 0.182. The molecule has 0 amide bonds. The van der Waals surface area contributed by atoms with Crippen LogP contribution < -0.4 is 5.73 Å². The van der Waals surface area contributed by atoms with E-state index < -0.39 is 11.6 Å². The van der Waals surface area contributed by atoms with E-state index in [4.69, 9.17) is 11.1 Å². The van der Waals surface area contributed by atoms with E-state index in [9.17, 15) is 8.78 Å². The molecule has 0 aliphatic heterocycles. The first-order valence-corrected chi connectivity index (χ1v) is 6.94. The first-order chi connectivity index (χ1) is 9.01. The lowest BCUT2D eigenvalue weighted by Crippen LogP contribution is -2.12. The zero-order valence-corrected chi connectivity index (χ0v) is 11.5. The van der Waals surface area contributed by atoms with E-state index in [-0.39, 0.29) is 16.3 Å². The summed E-state index contributed by atoms with van der Waals surface area (Å²) in [6.45, 7) is 1.90. The molecule has 2 aromatic rings. The summed E-state index contributed by atoms with van der Waals surface area (Å²) >= 11 is 1.98. The van der Waals surface area contributed by atoms with Gasteiger partial charge in [0.15, 0.2) is 4.34 Å². The first-order valence-electron chi connectivity index (χ1n) is 5.35. The number of halogens is 2. The third kappa shape index (κ3) is 3.07. The van der Waals surface area contributed by atoms with Crippen LogP contribution >= 0.6 is 23.3 Å². The van der Waals surface area contributed by atoms with Crippen molar-refractivity contribution in [1.82, 2.24) is 9.36 Å². The van der Waals surface area contributed by atoms with Crippen molar-refractivity contribution in [2.45, 2.75) is 22.6 Å². The van der Waals surface area contributed by atoms with Crippen molar-refractivity contribution < 1.29 is 8.78 Å². The predicted molar refractivity (Wildman–Crippen MR) is 70.8 cm³/mol. The second kappa shape index (κ2) is 5.62. The number of nitrogens with zero attached hydrogens (tertiary/aromatic N) is 2. The van der Waals surface area contributed by atoms with Crippen LogP contribution in [0, 0.1) is 17.0 Å². The molecule has 0 fully saturated rings. The van der Waals surface area contributed by atoms with Gasteiger partial charge in [-0.2, -0.15) is 4.37 Å². The fourth-order valence-corrected chi connectivity index (χ4v) is 2.97. The van der Waals surface area contributed by atoms with Crippen molar-refractivity contribution in [3.8, 4) is 0 Å². The number of amidine groups is 1. The van der Waals surface area contributed by atoms with Crippen molar-refractivity contribution in [1.29, 1.82) is 5.41 Å². The van der Waals surface area contributed by atoms with E-state index in [2.05, 4.69) is 9.36 Å². The van der Waals surface area contributed by atoms with Gasteiger partial charge >= 0.3 is 0 Å². The van der Waals surface area contributed by atoms with Crippen LogP contribution in [0.3, 0.4) is 0 Å². The first kappa shape index (κ1) is 13.9. The summed E-state index contributed by atoms with van der Waals surface area (Å²) < 4.78 is 32.1. The average Bonchev–Trinajstić information content (AvgIpc) is 2.81. The number of rotatable bonds is 4. The monoisotopic (exact) mass is 300 g/mol. The molecular formula is C11H10F2N4S2. The SMILES string of the molecule is CCc1nsc(Sc2c(F)cc(C(=N)N)cc2F)n1. The van der Waals surface area contributed by atoms with Gasteiger partial charge in [-0.25, -0.2) is 13.8 Å². The fourth-order valence-electron chi connectivity index (χ4n) is 1.32. The molecule has 19 heavy (non-hydrogen) atoms. The highest BCUT2D eigenvalue weighted by Crippen LogP contribution is 2.33. The van der Waals surface area contributed by atoms with Gasteiger partial charge in [0.25, 0.3) is 0 Å². The lowest BCUT2D eigenvalue weighted by atomic mass is 10.2. The number of nitrogens with two attached hydrogens (primary N) is 1. The molecule has 0 saturated heterocycles. The Morgan fingerprint density at radius 2 is 2.05 bits per heavy atom. The summed E-state index contributed by atoms with van der Waals surface area (Å²) in [5, 5.41) is 7.17. The molecule has 3 N–H and O–H groups in total. The van der Waals surface area contributed by atoms with Crippen LogP contribution in [0.1, 0.15) is 18.3 Å². The molecule has 4 nitrogen and oxygen atoms in total. The van der Waals surface area contributed by atoms with Gasteiger partial charge in [0.05, 0.1) is 4.90 Å². The standard InChI is InChI=1S/C11H10F2N4S2/c1-2-8-16-11(19-17-8)18-9-6(12)3-5(10(14)15)4-7(9)13/h3-4H,2H2,1H3,(H3,14,15). The molecule has 0 spiro atoms. The number of nitrogens with one attached hydrogen (secondary N) is 1. The maximum absolute atomic E-state index is 13.8. The second-order valence-corrected chi connectivity index (χ2v) is 5.62. The summed E-state index contributed by atoms with van der Waals surface area (Å²) in [4.78, 5) is 3.97. The quantitative estimate of drug-likeness (QED) is 0.672. The number of nitrogen functional groups attached to an aromatic ring is 1. The van der Waals surface area contributed by atoms with Crippen LogP contribution in [-0.2, 0) is 6.42 Å². The Balaban J connectivity index is 2.32. The highest BCUT2D eigenvalue weighted by Gasteiger charge is 2.16. The van der Waals surface area contributed by atoms with Crippen LogP contribution in [0.4, 0.5) is 8.78 Å². The lowest BCUT2D eigenvalue weighted by molar-refractivity contribution is 0.540. The van der Waals surface area contributed by atoms with Crippen molar-refractivity contribution in [3.05, 3.63) is 35.2 Å². The zero-order valence-electron chi connectivity index (χ0n) is 9.91. The molecule has 100 valence electrons. The highest BCUT2D eigenvalue weighted by atomic mass is 32.2. The molecule has 2 rings (SSSR count). The molecule has 0 aliphatic carbocycles. The highest BCUT2D eigenvalue weighted by molar-refractivity contribution is 8.01. The van der Waals surface area contributed by atoms with E-state index >= 15 is 0 Å².